The number of carbonyl (C=O) groups is 1. The molecule has 2 aromatic rings. The van der Waals surface area contributed by atoms with Crippen molar-refractivity contribution in [2.45, 2.75) is 0 Å². The van der Waals surface area contributed by atoms with Crippen molar-refractivity contribution in [2.24, 2.45) is 0 Å². The van der Waals surface area contributed by atoms with Crippen molar-refractivity contribution in [1.82, 2.24) is 14.9 Å². The third-order valence-corrected chi connectivity index (χ3v) is 2.42. The lowest BCUT2D eigenvalue weighted by Crippen LogP contribution is -2.19. The molecule has 5 heteroatoms. The van der Waals surface area contributed by atoms with Crippen LogP contribution in [-0.4, -0.2) is 34.9 Å². The Bertz CT molecular complexity index is 639. The molecular formula is C15H14N4O. The Hall–Kier alpha value is -2.87. The van der Waals surface area contributed by atoms with Gasteiger partial charge in [0, 0.05) is 38.0 Å². The highest BCUT2D eigenvalue weighted by atomic mass is 16.2. The fraction of sp³-hybridized carbons (Fsp3) is 0.133. The van der Waals surface area contributed by atoms with E-state index >= 15 is 0 Å². The van der Waals surface area contributed by atoms with Crippen molar-refractivity contribution in [3.63, 3.8) is 0 Å². The Morgan fingerprint density at radius 3 is 2.70 bits per heavy atom. The molecule has 0 saturated carbocycles. The molecule has 100 valence electrons. The second-order valence-corrected chi connectivity index (χ2v) is 4.25. The highest BCUT2D eigenvalue weighted by Gasteiger charge is 1.98. The standard InChI is InChI=1S/C15H14N4O/c1-19(2)15(20)8-6-12-5-7-14(17-10-12)18-13-4-3-9-16-11-13/h3-5,7,9-11H,1-2H3,(H,17,18). The summed E-state index contributed by atoms with van der Waals surface area (Å²) in [6.07, 6.45) is 5.04. The second-order valence-electron chi connectivity index (χ2n) is 4.25. The van der Waals surface area contributed by atoms with Crippen LogP contribution in [0, 0.1) is 11.8 Å². The van der Waals surface area contributed by atoms with Gasteiger partial charge in [-0.3, -0.25) is 9.78 Å². The van der Waals surface area contributed by atoms with Crippen LogP contribution in [0.2, 0.25) is 0 Å². The summed E-state index contributed by atoms with van der Waals surface area (Å²) < 4.78 is 0. The maximum Gasteiger partial charge on any atom is 0.298 e. The lowest BCUT2D eigenvalue weighted by Gasteiger charge is -2.04. The molecule has 0 aromatic carbocycles. The number of rotatable bonds is 2. The van der Waals surface area contributed by atoms with Crippen LogP contribution in [0.4, 0.5) is 11.5 Å². The van der Waals surface area contributed by atoms with Crippen LogP contribution < -0.4 is 5.32 Å². The molecule has 0 atom stereocenters. The zero-order valence-corrected chi connectivity index (χ0v) is 11.3. The van der Waals surface area contributed by atoms with Crippen LogP contribution in [0.3, 0.4) is 0 Å². The van der Waals surface area contributed by atoms with Gasteiger partial charge >= 0.3 is 0 Å². The summed E-state index contributed by atoms with van der Waals surface area (Å²) in [7, 11) is 3.33. The minimum Gasteiger partial charge on any atom is -0.339 e. The van der Waals surface area contributed by atoms with Gasteiger partial charge in [-0.05, 0) is 24.3 Å². The molecule has 0 fully saturated rings. The van der Waals surface area contributed by atoms with Crippen molar-refractivity contribution in [3.8, 4) is 11.8 Å². The molecule has 20 heavy (non-hydrogen) atoms. The first-order chi connectivity index (χ1) is 9.65. The molecule has 1 amide bonds. The van der Waals surface area contributed by atoms with Crippen LogP contribution in [0.25, 0.3) is 0 Å². The highest BCUT2D eigenvalue weighted by Crippen LogP contribution is 2.12. The van der Waals surface area contributed by atoms with Gasteiger partial charge in [0.05, 0.1) is 11.9 Å². The topological polar surface area (TPSA) is 58.1 Å². The van der Waals surface area contributed by atoms with Crippen molar-refractivity contribution in [1.29, 1.82) is 0 Å². The molecule has 0 aliphatic heterocycles. The van der Waals surface area contributed by atoms with E-state index in [1.54, 1.807) is 38.8 Å². The summed E-state index contributed by atoms with van der Waals surface area (Å²) in [5, 5.41) is 3.12. The van der Waals surface area contributed by atoms with Gasteiger partial charge in [0.25, 0.3) is 5.91 Å². The summed E-state index contributed by atoms with van der Waals surface area (Å²) >= 11 is 0. The molecule has 0 bridgehead atoms. The number of pyridine rings is 2. The van der Waals surface area contributed by atoms with E-state index in [4.69, 9.17) is 0 Å². The second kappa shape index (κ2) is 6.34. The van der Waals surface area contributed by atoms with E-state index < -0.39 is 0 Å². The number of anilines is 2. The van der Waals surface area contributed by atoms with Gasteiger partial charge < -0.3 is 10.2 Å². The van der Waals surface area contributed by atoms with Gasteiger partial charge in [-0.1, -0.05) is 5.92 Å². The van der Waals surface area contributed by atoms with Crippen molar-refractivity contribution in [2.75, 3.05) is 19.4 Å². The first kappa shape index (κ1) is 13.6. The van der Waals surface area contributed by atoms with Gasteiger partial charge in [-0.2, -0.15) is 0 Å². The largest absolute Gasteiger partial charge is 0.339 e. The average molecular weight is 266 g/mol. The average Bonchev–Trinajstić information content (AvgIpc) is 2.47. The molecular weight excluding hydrogens is 252 g/mol. The minimum atomic E-state index is -0.234. The summed E-state index contributed by atoms with van der Waals surface area (Å²) in [5.74, 6) is 5.77. The Balaban J connectivity index is 2.05. The van der Waals surface area contributed by atoms with Gasteiger partial charge in [-0.15, -0.1) is 0 Å². The molecule has 0 unspecified atom stereocenters. The van der Waals surface area contributed by atoms with E-state index in [1.807, 2.05) is 18.2 Å². The van der Waals surface area contributed by atoms with E-state index in [9.17, 15) is 4.79 Å². The Morgan fingerprint density at radius 1 is 1.25 bits per heavy atom. The Kier molecular flexibility index (Phi) is 4.30. The van der Waals surface area contributed by atoms with Crippen molar-refractivity contribution >= 4 is 17.4 Å². The maximum atomic E-state index is 11.3. The van der Waals surface area contributed by atoms with Crippen LogP contribution in [-0.2, 0) is 4.79 Å². The maximum absolute atomic E-state index is 11.3. The molecule has 1 N–H and O–H groups in total. The predicted molar refractivity (Wildman–Crippen MR) is 77.3 cm³/mol. The van der Waals surface area contributed by atoms with Gasteiger partial charge in [-0.25, -0.2) is 4.98 Å². The van der Waals surface area contributed by atoms with Crippen LogP contribution >= 0.6 is 0 Å². The summed E-state index contributed by atoms with van der Waals surface area (Å²) in [6, 6.07) is 7.35. The SMILES string of the molecule is CN(C)C(=O)C#Cc1ccc(Nc2cccnc2)nc1. The number of hydrogen-bond donors (Lipinski definition) is 1. The Labute approximate surface area is 117 Å². The fourth-order valence-corrected chi connectivity index (χ4v) is 1.36. The normalized spacial score (nSPS) is 9.30. The molecule has 5 nitrogen and oxygen atoms in total. The van der Waals surface area contributed by atoms with Crippen LogP contribution in [0.1, 0.15) is 5.56 Å². The number of nitrogens with zero attached hydrogens (tertiary/aromatic N) is 3. The fourth-order valence-electron chi connectivity index (χ4n) is 1.36. The number of carbonyl (C=O) groups excluding carboxylic acids is 1. The van der Waals surface area contributed by atoms with E-state index in [0.717, 1.165) is 5.69 Å². The monoisotopic (exact) mass is 266 g/mol. The quantitative estimate of drug-likeness (QED) is 0.840. The molecule has 2 heterocycles. The summed E-state index contributed by atoms with van der Waals surface area (Å²) in [5.41, 5.74) is 1.55. The molecule has 0 spiro atoms. The number of hydrogen-bond acceptors (Lipinski definition) is 4. The first-order valence-corrected chi connectivity index (χ1v) is 6.01. The van der Waals surface area contributed by atoms with E-state index in [0.29, 0.717) is 11.4 Å². The summed E-state index contributed by atoms with van der Waals surface area (Å²) in [6.45, 7) is 0. The number of nitrogens with one attached hydrogen (secondary N) is 1. The lowest BCUT2D eigenvalue weighted by molar-refractivity contribution is -0.122. The summed E-state index contributed by atoms with van der Waals surface area (Å²) in [4.78, 5) is 21.0. The first-order valence-electron chi connectivity index (χ1n) is 6.01. The molecule has 0 aliphatic rings. The van der Waals surface area contributed by atoms with E-state index in [-0.39, 0.29) is 5.91 Å². The van der Waals surface area contributed by atoms with Gasteiger partial charge in [0.15, 0.2) is 0 Å². The van der Waals surface area contributed by atoms with Crippen LogP contribution in [0.15, 0.2) is 42.9 Å². The van der Waals surface area contributed by atoms with Crippen LogP contribution in [0.5, 0.6) is 0 Å². The van der Waals surface area contributed by atoms with Crippen molar-refractivity contribution < 1.29 is 4.79 Å². The molecule has 2 rings (SSSR count). The molecule has 0 radical (unpaired) electrons. The zero-order valence-electron chi connectivity index (χ0n) is 11.3. The molecule has 0 aliphatic carbocycles. The highest BCUT2D eigenvalue weighted by molar-refractivity contribution is 5.93. The number of aromatic nitrogens is 2. The third-order valence-electron chi connectivity index (χ3n) is 2.42. The van der Waals surface area contributed by atoms with Gasteiger partial charge in [0.1, 0.15) is 5.82 Å². The minimum absolute atomic E-state index is 0.234. The smallest absolute Gasteiger partial charge is 0.298 e. The molecule has 0 saturated heterocycles. The van der Waals surface area contributed by atoms with E-state index in [1.165, 1.54) is 4.90 Å². The van der Waals surface area contributed by atoms with Crippen molar-refractivity contribution in [3.05, 3.63) is 48.4 Å². The lowest BCUT2D eigenvalue weighted by atomic mass is 10.3. The van der Waals surface area contributed by atoms with E-state index in [2.05, 4.69) is 27.1 Å². The number of amides is 1. The van der Waals surface area contributed by atoms with Gasteiger partial charge in [0.2, 0.25) is 0 Å². The predicted octanol–water partition coefficient (Wildman–Crippen LogP) is 1.66. The zero-order chi connectivity index (χ0) is 14.4. The Morgan fingerprint density at radius 2 is 2.10 bits per heavy atom. The molecule has 2 aromatic heterocycles. The third kappa shape index (κ3) is 3.82.